The molecule has 2 saturated heterocycles. The number of hydrogen-bond donors (Lipinski definition) is 1. The molecule has 3 fully saturated rings. The molecule has 1 saturated carbocycles. The maximum absolute atomic E-state index is 12.2. The van der Waals surface area contributed by atoms with Gasteiger partial charge in [-0.25, -0.2) is 0 Å². The Morgan fingerprint density at radius 2 is 2.00 bits per heavy atom. The fourth-order valence-electron chi connectivity index (χ4n) is 3.89. The molecule has 104 valence electrons. The van der Waals surface area contributed by atoms with Crippen LogP contribution in [0.2, 0.25) is 0 Å². The largest absolute Gasteiger partial charge is 0.370 e. The third kappa shape index (κ3) is 1.24. The van der Waals surface area contributed by atoms with E-state index in [0.717, 1.165) is 0 Å². The van der Waals surface area contributed by atoms with E-state index >= 15 is 0 Å². The summed E-state index contributed by atoms with van der Waals surface area (Å²) < 4.78 is 5.37. The van der Waals surface area contributed by atoms with Crippen molar-refractivity contribution in [2.24, 2.45) is 5.92 Å². The van der Waals surface area contributed by atoms with Crippen molar-refractivity contribution in [1.82, 2.24) is 5.32 Å². The first-order chi connectivity index (χ1) is 8.96. The monoisotopic (exact) mass is 271 g/mol. The number of hydrogen-bond acceptors (Lipinski definition) is 7. The minimum absolute atomic E-state index is 0.0121. The van der Waals surface area contributed by atoms with Gasteiger partial charge in [0.25, 0.3) is 5.54 Å². The number of carbonyl (C=O) groups excluding carboxylic acids is 1. The minimum atomic E-state index is -1.87. The lowest BCUT2D eigenvalue weighted by Crippen LogP contribution is -2.81. The summed E-state index contributed by atoms with van der Waals surface area (Å²) >= 11 is 0. The Morgan fingerprint density at radius 3 is 2.63 bits per heavy atom. The van der Waals surface area contributed by atoms with E-state index in [0.29, 0.717) is 0 Å². The molecular formula is C10H13N3O6. The third-order valence-corrected chi connectivity index (χ3v) is 4.79. The van der Waals surface area contributed by atoms with Gasteiger partial charge in [0.1, 0.15) is 12.0 Å². The second-order valence-corrected chi connectivity index (χ2v) is 5.36. The van der Waals surface area contributed by atoms with Gasteiger partial charge in [0.05, 0.1) is 13.1 Å². The van der Waals surface area contributed by atoms with Gasteiger partial charge in [0.2, 0.25) is 5.78 Å². The van der Waals surface area contributed by atoms with Crippen LogP contribution in [0.5, 0.6) is 0 Å². The first kappa shape index (κ1) is 12.4. The Balaban J connectivity index is 2.19. The Morgan fingerprint density at radius 1 is 1.26 bits per heavy atom. The highest BCUT2D eigenvalue weighted by Crippen LogP contribution is 2.49. The lowest BCUT2D eigenvalue weighted by atomic mass is 9.56. The number of ether oxygens (including phenoxy) is 1. The average Bonchev–Trinajstić information content (AvgIpc) is 2.34. The zero-order valence-electron chi connectivity index (χ0n) is 10.0. The van der Waals surface area contributed by atoms with Crippen LogP contribution in [0, 0.1) is 26.1 Å². The van der Waals surface area contributed by atoms with Crippen LogP contribution in [-0.4, -0.2) is 52.5 Å². The highest BCUT2D eigenvalue weighted by Gasteiger charge is 2.78. The summed E-state index contributed by atoms with van der Waals surface area (Å²) in [5.74, 6) is -1.46. The first-order valence-corrected chi connectivity index (χ1v) is 6.11. The Bertz CT molecular complexity index is 482. The van der Waals surface area contributed by atoms with E-state index in [2.05, 4.69) is 5.32 Å². The van der Waals surface area contributed by atoms with Gasteiger partial charge in [-0.2, -0.15) is 0 Å². The van der Waals surface area contributed by atoms with Crippen LogP contribution < -0.4 is 5.32 Å². The van der Waals surface area contributed by atoms with Crippen LogP contribution in [0.3, 0.4) is 0 Å². The number of carbonyl (C=O) groups is 1. The molecule has 4 atom stereocenters. The van der Waals surface area contributed by atoms with Crippen molar-refractivity contribution in [3.63, 3.8) is 0 Å². The number of rotatable bonds is 2. The maximum Gasteiger partial charge on any atom is 0.301 e. The molecule has 1 N–H and O–H groups in total. The van der Waals surface area contributed by atoms with E-state index in [-0.39, 0.29) is 32.5 Å². The summed E-state index contributed by atoms with van der Waals surface area (Å²) in [6.45, 7) is 0.109. The van der Waals surface area contributed by atoms with Crippen LogP contribution in [0.4, 0.5) is 0 Å². The second-order valence-electron chi connectivity index (χ2n) is 5.36. The van der Waals surface area contributed by atoms with Crippen LogP contribution in [0.25, 0.3) is 0 Å². The molecule has 2 heterocycles. The number of nitrogens with zero attached hydrogens (tertiary/aromatic N) is 2. The van der Waals surface area contributed by atoms with Gasteiger partial charge in [-0.1, -0.05) is 0 Å². The van der Waals surface area contributed by atoms with E-state index in [1.54, 1.807) is 0 Å². The normalized spacial score (nSPS) is 44.7. The van der Waals surface area contributed by atoms with E-state index in [1.807, 2.05) is 0 Å². The summed E-state index contributed by atoms with van der Waals surface area (Å²) in [7, 11) is 0. The van der Waals surface area contributed by atoms with Gasteiger partial charge in [-0.15, -0.1) is 0 Å². The van der Waals surface area contributed by atoms with Crippen LogP contribution in [-0.2, 0) is 9.53 Å². The molecule has 0 aromatic carbocycles. The quantitative estimate of drug-likeness (QED) is 0.504. The second kappa shape index (κ2) is 3.70. The highest BCUT2D eigenvalue weighted by molar-refractivity contribution is 5.90. The first-order valence-electron chi connectivity index (χ1n) is 6.11. The molecular weight excluding hydrogens is 258 g/mol. The topological polar surface area (TPSA) is 125 Å². The molecule has 3 aliphatic rings. The predicted octanol–water partition coefficient (Wildman–Crippen LogP) is -1.00. The molecule has 0 aromatic heterocycles. The van der Waals surface area contributed by atoms with E-state index in [9.17, 15) is 25.0 Å². The fraction of sp³-hybridized carbons (Fsp3) is 0.900. The minimum Gasteiger partial charge on any atom is -0.370 e. The molecule has 0 spiro atoms. The lowest BCUT2D eigenvalue weighted by molar-refractivity contribution is -0.646. The molecule has 9 nitrogen and oxygen atoms in total. The van der Waals surface area contributed by atoms with Crippen molar-refractivity contribution >= 4 is 5.78 Å². The van der Waals surface area contributed by atoms with Gasteiger partial charge in [-0.05, 0) is 6.42 Å². The van der Waals surface area contributed by atoms with Crippen LogP contribution in [0.1, 0.15) is 12.8 Å². The molecule has 2 aliphatic heterocycles. The molecule has 0 aromatic rings. The summed E-state index contributed by atoms with van der Waals surface area (Å²) in [5, 5.41) is 25.7. The molecule has 19 heavy (non-hydrogen) atoms. The summed E-state index contributed by atoms with van der Waals surface area (Å²) in [6.07, 6.45) is -0.943. The molecule has 3 rings (SSSR count). The van der Waals surface area contributed by atoms with E-state index in [4.69, 9.17) is 4.74 Å². The van der Waals surface area contributed by atoms with Gasteiger partial charge >= 0.3 is 5.54 Å². The third-order valence-electron chi connectivity index (χ3n) is 4.79. The van der Waals surface area contributed by atoms with Gasteiger partial charge < -0.3 is 10.1 Å². The van der Waals surface area contributed by atoms with Crippen molar-refractivity contribution in [3.05, 3.63) is 20.2 Å². The van der Waals surface area contributed by atoms with Gasteiger partial charge in [0, 0.05) is 22.9 Å². The summed E-state index contributed by atoms with van der Waals surface area (Å²) in [4.78, 5) is 34.0. The van der Waals surface area contributed by atoms with Crippen molar-refractivity contribution in [2.75, 3.05) is 19.7 Å². The van der Waals surface area contributed by atoms with Crippen molar-refractivity contribution < 1.29 is 19.4 Å². The van der Waals surface area contributed by atoms with Crippen molar-refractivity contribution in [1.29, 1.82) is 0 Å². The SMILES string of the molecule is O=C1CC2OCCC3C1([N+](=O)[O-])CNCC23[N+](=O)[O-]. The number of nitrogens with one attached hydrogen (secondary N) is 1. The van der Waals surface area contributed by atoms with Crippen molar-refractivity contribution in [2.45, 2.75) is 30.0 Å². The molecule has 4 unspecified atom stereocenters. The standard InChI is InChI=1S/C10H13N3O6/c14-7-3-8-10(13(17)18)5-11-4-9(7,12(15)16)6(10)1-2-19-8/h6,8,11H,1-5H2. The molecule has 1 aliphatic carbocycles. The predicted molar refractivity (Wildman–Crippen MR) is 59.8 cm³/mol. The van der Waals surface area contributed by atoms with E-state index < -0.39 is 38.7 Å². The Hall–Kier alpha value is -1.61. The zero-order chi connectivity index (χ0) is 13.8. The van der Waals surface area contributed by atoms with E-state index in [1.165, 1.54) is 0 Å². The molecule has 4 bridgehead atoms. The summed E-state index contributed by atoms with van der Waals surface area (Å²) in [6, 6.07) is 0. The number of Topliss-reactive ketones (excluding diaryl/α,β-unsaturated/α-hetero) is 1. The van der Waals surface area contributed by atoms with Gasteiger partial charge in [-0.3, -0.25) is 25.0 Å². The average molecular weight is 271 g/mol. The van der Waals surface area contributed by atoms with Crippen LogP contribution >= 0.6 is 0 Å². The fourth-order valence-corrected chi connectivity index (χ4v) is 3.89. The molecule has 0 radical (unpaired) electrons. The zero-order valence-corrected chi connectivity index (χ0v) is 10.0. The summed E-state index contributed by atoms with van der Waals surface area (Å²) in [5.41, 5.74) is -3.43. The molecule has 0 amide bonds. The highest BCUT2D eigenvalue weighted by atomic mass is 16.6. The number of piperidine rings is 1. The number of ketones is 1. The maximum atomic E-state index is 12.2. The van der Waals surface area contributed by atoms with Crippen molar-refractivity contribution in [3.8, 4) is 0 Å². The van der Waals surface area contributed by atoms with Crippen LogP contribution in [0.15, 0.2) is 0 Å². The Labute approximate surface area is 107 Å². The molecule has 9 heteroatoms. The lowest BCUT2D eigenvalue weighted by Gasteiger charge is -2.52. The van der Waals surface area contributed by atoms with Gasteiger partial charge in [0.15, 0.2) is 0 Å². The Kier molecular flexibility index (Phi) is 2.42. The number of nitro groups is 2. The smallest absolute Gasteiger partial charge is 0.301 e.